The molecule has 1 aromatic carbocycles. The van der Waals surface area contributed by atoms with Gasteiger partial charge in [0.2, 0.25) is 11.9 Å². The Hall–Kier alpha value is -2.67. The van der Waals surface area contributed by atoms with Gasteiger partial charge in [-0.25, -0.2) is 15.0 Å². The van der Waals surface area contributed by atoms with Crippen molar-refractivity contribution in [2.24, 2.45) is 0 Å². The van der Waals surface area contributed by atoms with Gasteiger partial charge in [0, 0.05) is 35.1 Å². The highest BCUT2D eigenvalue weighted by molar-refractivity contribution is 8.32. The zero-order valence-corrected chi connectivity index (χ0v) is 19.0. The van der Waals surface area contributed by atoms with Gasteiger partial charge >= 0.3 is 0 Å². The lowest BCUT2D eigenvalue weighted by Gasteiger charge is -2.28. The summed E-state index contributed by atoms with van der Waals surface area (Å²) in [5.41, 5.74) is 3.70. The van der Waals surface area contributed by atoms with E-state index < -0.39 is 10.0 Å². The van der Waals surface area contributed by atoms with Crippen LogP contribution in [-0.4, -0.2) is 50.9 Å². The fourth-order valence-corrected chi connectivity index (χ4v) is 7.60. The van der Waals surface area contributed by atoms with E-state index in [0.29, 0.717) is 5.95 Å². The van der Waals surface area contributed by atoms with Crippen LogP contribution >= 0.6 is 10.0 Å². The second-order valence-electron chi connectivity index (χ2n) is 9.76. The van der Waals surface area contributed by atoms with Crippen molar-refractivity contribution >= 4 is 44.3 Å². The van der Waals surface area contributed by atoms with Gasteiger partial charge in [0.15, 0.2) is 0 Å². The molecule has 1 atom stereocenters. The first-order valence-corrected chi connectivity index (χ1v) is 13.7. The Balaban J connectivity index is 1.38. The van der Waals surface area contributed by atoms with Crippen molar-refractivity contribution in [3.05, 3.63) is 47.8 Å². The molecular formula is C24H27N5OS. The van der Waals surface area contributed by atoms with Crippen molar-refractivity contribution < 1.29 is 4.79 Å². The quantitative estimate of drug-likeness (QED) is 0.667. The maximum absolute atomic E-state index is 13.5. The molecule has 6 rings (SSSR count). The molecule has 1 N–H and O–H groups in total. The van der Waals surface area contributed by atoms with E-state index in [1.165, 1.54) is 5.75 Å². The molecule has 0 radical (unpaired) electrons. The average molecular weight is 434 g/mol. The van der Waals surface area contributed by atoms with Crippen LogP contribution in [0.1, 0.15) is 30.4 Å². The lowest BCUT2D eigenvalue weighted by Crippen LogP contribution is -2.41. The molecule has 1 amide bonds. The van der Waals surface area contributed by atoms with E-state index in [4.69, 9.17) is 4.98 Å². The first-order valence-electron chi connectivity index (χ1n) is 10.9. The van der Waals surface area contributed by atoms with Gasteiger partial charge in [0.05, 0.1) is 10.9 Å². The first kappa shape index (κ1) is 19.0. The molecule has 2 aliphatic heterocycles. The fraction of sp³-hybridized carbons (Fsp3) is 0.417. The Kier molecular flexibility index (Phi) is 3.94. The number of amides is 1. The number of pyridine rings is 1. The van der Waals surface area contributed by atoms with Crippen molar-refractivity contribution in [3.63, 3.8) is 0 Å². The number of nitrogens with zero attached hydrogens (tertiary/aromatic N) is 4. The molecule has 1 saturated heterocycles. The van der Waals surface area contributed by atoms with Crippen LogP contribution < -0.4 is 10.2 Å². The maximum Gasteiger partial charge on any atom is 0.239 e. The normalized spacial score (nSPS) is 23.9. The predicted molar refractivity (Wildman–Crippen MR) is 128 cm³/mol. The molecule has 2 aromatic heterocycles. The summed E-state index contributed by atoms with van der Waals surface area (Å²) in [4.78, 5) is 29.4. The SMILES string of the molecule is Cc1cc2ncccc2cc1Nc1ncc2c(n1)N(C1CCS(C)(C)C1)C(=O)C21CC1. The van der Waals surface area contributed by atoms with Crippen LogP contribution in [0.25, 0.3) is 10.9 Å². The number of aryl methyl sites for hydroxylation is 1. The lowest BCUT2D eigenvalue weighted by molar-refractivity contribution is -0.120. The summed E-state index contributed by atoms with van der Waals surface area (Å²) in [6, 6.07) is 8.42. The minimum Gasteiger partial charge on any atom is -0.324 e. The van der Waals surface area contributed by atoms with Gasteiger partial charge in [-0.2, -0.15) is 4.98 Å². The van der Waals surface area contributed by atoms with Gasteiger partial charge in [0.1, 0.15) is 5.82 Å². The number of hydrogen-bond donors (Lipinski definition) is 1. The van der Waals surface area contributed by atoms with Crippen molar-refractivity contribution in [3.8, 4) is 0 Å². The van der Waals surface area contributed by atoms with Gasteiger partial charge in [-0.3, -0.25) is 14.7 Å². The minimum absolute atomic E-state index is 0.254. The number of aromatic nitrogens is 3. The molecule has 1 aliphatic carbocycles. The number of benzene rings is 1. The monoisotopic (exact) mass is 433 g/mol. The summed E-state index contributed by atoms with van der Waals surface area (Å²) >= 11 is 0. The Morgan fingerprint density at radius 2 is 2.06 bits per heavy atom. The lowest BCUT2D eigenvalue weighted by atomic mass is 10.0. The standard InChI is InChI=1S/C24H27N5OS/c1-15-11-20-16(5-4-9-25-20)12-19(15)27-23-26-13-18-21(28-23)29(22(30)24(18)7-8-24)17-6-10-31(2,3)14-17/h4-5,9,11-13,17H,6-8,10,14H2,1-3H3,(H,26,27,28). The maximum atomic E-state index is 13.5. The van der Waals surface area contributed by atoms with E-state index in [1.807, 2.05) is 23.4 Å². The molecule has 3 aromatic rings. The van der Waals surface area contributed by atoms with E-state index in [2.05, 4.69) is 52.9 Å². The number of anilines is 3. The molecule has 4 heterocycles. The summed E-state index contributed by atoms with van der Waals surface area (Å²) in [5, 5.41) is 4.47. The van der Waals surface area contributed by atoms with Crippen LogP contribution in [0.2, 0.25) is 0 Å². The fourth-order valence-electron chi connectivity index (χ4n) is 5.17. The van der Waals surface area contributed by atoms with Crippen LogP contribution in [0, 0.1) is 6.92 Å². The zero-order chi connectivity index (χ0) is 21.4. The Bertz CT molecular complexity index is 1240. The molecular weight excluding hydrogens is 406 g/mol. The second-order valence-corrected chi connectivity index (χ2v) is 14.0. The van der Waals surface area contributed by atoms with Crippen LogP contribution in [-0.2, 0) is 10.2 Å². The molecule has 1 unspecified atom stereocenters. The third kappa shape index (κ3) is 2.93. The van der Waals surface area contributed by atoms with Crippen LogP contribution in [0.4, 0.5) is 17.5 Å². The smallest absolute Gasteiger partial charge is 0.239 e. The Morgan fingerprint density at radius 3 is 2.81 bits per heavy atom. The molecule has 1 saturated carbocycles. The molecule has 7 heteroatoms. The number of hydrogen-bond acceptors (Lipinski definition) is 5. The van der Waals surface area contributed by atoms with Crippen LogP contribution in [0.15, 0.2) is 36.7 Å². The molecule has 1 spiro atoms. The molecule has 0 bridgehead atoms. The van der Waals surface area contributed by atoms with E-state index in [-0.39, 0.29) is 17.4 Å². The third-order valence-electron chi connectivity index (χ3n) is 7.10. The van der Waals surface area contributed by atoms with E-state index in [1.54, 1.807) is 0 Å². The zero-order valence-electron chi connectivity index (χ0n) is 18.2. The van der Waals surface area contributed by atoms with Gasteiger partial charge in [-0.15, -0.1) is 0 Å². The topological polar surface area (TPSA) is 71.0 Å². The van der Waals surface area contributed by atoms with Crippen LogP contribution in [0.5, 0.6) is 0 Å². The highest BCUT2D eigenvalue weighted by atomic mass is 32.3. The van der Waals surface area contributed by atoms with Gasteiger partial charge in [-0.1, -0.05) is 6.07 Å². The summed E-state index contributed by atoms with van der Waals surface area (Å²) in [6.45, 7) is 2.06. The van der Waals surface area contributed by atoms with E-state index >= 15 is 0 Å². The summed E-state index contributed by atoms with van der Waals surface area (Å²) in [7, 11) is -0.620. The van der Waals surface area contributed by atoms with Crippen molar-refractivity contribution in [1.29, 1.82) is 0 Å². The molecule has 160 valence electrons. The molecule has 2 fully saturated rings. The Morgan fingerprint density at radius 1 is 1.23 bits per heavy atom. The number of carbonyl (C=O) groups is 1. The van der Waals surface area contributed by atoms with Crippen molar-refractivity contribution in [1.82, 2.24) is 15.0 Å². The molecule has 6 nitrogen and oxygen atoms in total. The Labute approximate surface area is 183 Å². The second kappa shape index (κ2) is 6.42. The van der Waals surface area contributed by atoms with Gasteiger partial charge < -0.3 is 5.32 Å². The highest BCUT2D eigenvalue weighted by Gasteiger charge is 2.61. The molecule has 31 heavy (non-hydrogen) atoms. The van der Waals surface area contributed by atoms with Gasteiger partial charge in [-0.05, 0) is 74.0 Å². The number of carbonyl (C=O) groups excluding carboxylic acids is 1. The predicted octanol–water partition coefficient (Wildman–Crippen LogP) is 4.29. The van der Waals surface area contributed by atoms with Gasteiger partial charge in [0.25, 0.3) is 0 Å². The van der Waals surface area contributed by atoms with Crippen LogP contribution in [0.3, 0.4) is 0 Å². The average Bonchev–Trinajstić information content (AvgIpc) is 3.41. The summed E-state index contributed by atoms with van der Waals surface area (Å²) in [6.07, 6.45) is 11.4. The number of fused-ring (bicyclic) bond motifs is 3. The van der Waals surface area contributed by atoms with E-state index in [0.717, 1.165) is 58.6 Å². The van der Waals surface area contributed by atoms with Crippen molar-refractivity contribution in [2.45, 2.75) is 37.6 Å². The van der Waals surface area contributed by atoms with E-state index in [9.17, 15) is 4.79 Å². The number of nitrogens with one attached hydrogen (secondary N) is 1. The number of rotatable bonds is 3. The molecule has 3 aliphatic rings. The summed E-state index contributed by atoms with van der Waals surface area (Å²) in [5.74, 6) is 3.97. The largest absolute Gasteiger partial charge is 0.324 e. The highest BCUT2D eigenvalue weighted by Crippen LogP contribution is 2.59. The first-order chi connectivity index (χ1) is 14.9. The third-order valence-corrected chi connectivity index (χ3v) is 9.73. The summed E-state index contributed by atoms with van der Waals surface area (Å²) < 4.78 is 0. The minimum atomic E-state index is -0.620. The van der Waals surface area contributed by atoms with Crippen molar-refractivity contribution in [2.75, 3.05) is 34.2 Å².